The van der Waals surface area contributed by atoms with E-state index in [-0.39, 0.29) is 0 Å². The third-order valence-corrected chi connectivity index (χ3v) is 6.18. The summed E-state index contributed by atoms with van der Waals surface area (Å²) >= 11 is 2.03. The Morgan fingerprint density at radius 2 is 2.17 bits per heavy atom. The fourth-order valence-corrected chi connectivity index (χ4v) is 4.39. The van der Waals surface area contributed by atoms with Crippen LogP contribution >= 0.6 is 11.8 Å². The first-order valence-corrected chi connectivity index (χ1v) is 9.65. The number of rotatable bonds is 7. The van der Waals surface area contributed by atoms with E-state index in [9.17, 15) is 8.42 Å². The van der Waals surface area contributed by atoms with Gasteiger partial charge in [-0.25, -0.2) is 12.7 Å². The highest BCUT2D eigenvalue weighted by molar-refractivity contribution is 7.99. The van der Waals surface area contributed by atoms with Crippen molar-refractivity contribution in [1.29, 1.82) is 0 Å². The molecule has 0 spiro atoms. The number of hydrogen-bond acceptors (Lipinski definition) is 4. The van der Waals surface area contributed by atoms with E-state index < -0.39 is 10.0 Å². The fourth-order valence-electron chi connectivity index (χ4n) is 2.29. The van der Waals surface area contributed by atoms with Gasteiger partial charge in [-0.15, -0.1) is 0 Å². The van der Waals surface area contributed by atoms with E-state index in [2.05, 4.69) is 12.2 Å². The van der Waals surface area contributed by atoms with Crippen LogP contribution in [-0.2, 0) is 10.0 Å². The summed E-state index contributed by atoms with van der Waals surface area (Å²) in [6.07, 6.45) is 4.70. The average molecular weight is 294 g/mol. The summed E-state index contributed by atoms with van der Waals surface area (Å²) in [7, 11) is -3.03. The second-order valence-corrected chi connectivity index (χ2v) is 8.35. The highest BCUT2D eigenvalue weighted by atomic mass is 32.2. The third kappa shape index (κ3) is 5.47. The number of nitrogens with one attached hydrogen (secondary N) is 1. The van der Waals surface area contributed by atoms with E-state index in [4.69, 9.17) is 0 Å². The van der Waals surface area contributed by atoms with E-state index in [1.807, 2.05) is 18.7 Å². The molecule has 1 aliphatic rings. The Morgan fingerprint density at radius 3 is 2.72 bits per heavy atom. The Kier molecular flexibility index (Phi) is 6.98. The van der Waals surface area contributed by atoms with Gasteiger partial charge in [0, 0.05) is 24.4 Å². The Labute approximate surface area is 116 Å². The van der Waals surface area contributed by atoms with Crippen LogP contribution < -0.4 is 5.32 Å². The van der Waals surface area contributed by atoms with Gasteiger partial charge in [-0.05, 0) is 31.6 Å². The molecule has 1 saturated heterocycles. The number of thioether (sulfide) groups is 1. The lowest BCUT2D eigenvalue weighted by Gasteiger charge is -2.29. The summed E-state index contributed by atoms with van der Waals surface area (Å²) in [6, 6.07) is 0.595. The lowest BCUT2D eigenvalue weighted by Crippen LogP contribution is -2.41. The van der Waals surface area contributed by atoms with Gasteiger partial charge in [0.2, 0.25) is 10.0 Å². The quantitative estimate of drug-likeness (QED) is 0.724. The van der Waals surface area contributed by atoms with E-state index in [0.29, 0.717) is 24.4 Å². The standard InChI is InChI=1S/C12H26N2O2S2/c1-4-14(18(3,15)16)9-6-8-13-12-7-5-10-17-11(12)2/h11-13H,4-10H2,1-3H3. The summed E-state index contributed by atoms with van der Waals surface area (Å²) in [6.45, 7) is 6.25. The Morgan fingerprint density at radius 1 is 1.44 bits per heavy atom. The van der Waals surface area contributed by atoms with Crippen LogP contribution in [0.4, 0.5) is 0 Å². The van der Waals surface area contributed by atoms with Gasteiger partial charge in [-0.2, -0.15) is 11.8 Å². The zero-order chi connectivity index (χ0) is 13.6. The molecule has 0 aromatic rings. The van der Waals surface area contributed by atoms with Crippen LogP contribution in [0, 0.1) is 0 Å². The van der Waals surface area contributed by atoms with Gasteiger partial charge in [0.1, 0.15) is 0 Å². The number of hydrogen-bond donors (Lipinski definition) is 1. The molecule has 1 aliphatic heterocycles. The van der Waals surface area contributed by atoms with Crippen LogP contribution in [0.1, 0.15) is 33.1 Å². The van der Waals surface area contributed by atoms with Gasteiger partial charge in [-0.1, -0.05) is 13.8 Å². The molecule has 0 aromatic heterocycles. The molecular weight excluding hydrogens is 268 g/mol. The average Bonchev–Trinajstić information content (AvgIpc) is 2.29. The minimum atomic E-state index is -3.03. The minimum absolute atomic E-state index is 0.564. The lowest BCUT2D eigenvalue weighted by molar-refractivity contribution is 0.400. The Bertz CT molecular complexity index is 333. The van der Waals surface area contributed by atoms with E-state index in [1.54, 1.807) is 0 Å². The molecular formula is C12H26N2O2S2. The lowest BCUT2D eigenvalue weighted by atomic mass is 10.1. The highest BCUT2D eigenvalue weighted by Crippen LogP contribution is 2.24. The normalized spacial score (nSPS) is 25.6. The fraction of sp³-hybridized carbons (Fsp3) is 1.00. The summed E-state index contributed by atoms with van der Waals surface area (Å²) in [5.74, 6) is 1.27. The molecule has 18 heavy (non-hydrogen) atoms. The van der Waals surface area contributed by atoms with Crippen molar-refractivity contribution in [2.75, 3.05) is 31.6 Å². The SMILES string of the molecule is CCN(CCCNC1CCCSC1C)S(C)(=O)=O. The first-order chi connectivity index (χ1) is 8.45. The van der Waals surface area contributed by atoms with Crippen molar-refractivity contribution in [1.82, 2.24) is 9.62 Å². The first kappa shape index (κ1) is 16.3. The van der Waals surface area contributed by atoms with Crippen molar-refractivity contribution in [2.45, 2.75) is 44.4 Å². The molecule has 0 aliphatic carbocycles. The third-order valence-electron chi connectivity index (χ3n) is 3.42. The van der Waals surface area contributed by atoms with Crippen molar-refractivity contribution < 1.29 is 8.42 Å². The van der Waals surface area contributed by atoms with Crippen molar-refractivity contribution in [3.8, 4) is 0 Å². The molecule has 6 heteroatoms. The van der Waals surface area contributed by atoms with Crippen molar-refractivity contribution in [3.05, 3.63) is 0 Å². The van der Waals surface area contributed by atoms with Crippen LogP contribution in [0.25, 0.3) is 0 Å². The molecule has 1 N–H and O–H groups in total. The second kappa shape index (κ2) is 7.72. The smallest absolute Gasteiger partial charge is 0.211 e. The van der Waals surface area contributed by atoms with E-state index >= 15 is 0 Å². The molecule has 1 fully saturated rings. The Balaban J connectivity index is 2.21. The van der Waals surface area contributed by atoms with Crippen LogP contribution in [0.15, 0.2) is 0 Å². The molecule has 2 unspecified atom stereocenters. The van der Waals surface area contributed by atoms with Gasteiger partial charge in [0.05, 0.1) is 6.26 Å². The maximum atomic E-state index is 11.4. The molecule has 1 rings (SSSR count). The monoisotopic (exact) mass is 294 g/mol. The molecule has 0 amide bonds. The minimum Gasteiger partial charge on any atom is -0.313 e. The van der Waals surface area contributed by atoms with Gasteiger partial charge in [0.15, 0.2) is 0 Å². The largest absolute Gasteiger partial charge is 0.313 e. The van der Waals surface area contributed by atoms with Crippen LogP contribution in [0.3, 0.4) is 0 Å². The molecule has 0 bridgehead atoms. The number of sulfonamides is 1. The Hall–Kier alpha value is 0.220. The van der Waals surface area contributed by atoms with Crippen molar-refractivity contribution in [2.24, 2.45) is 0 Å². The molecule has 108 valence electrons. The molecule has 0 saturated carbocycles. The van der Waals surface area contributed by atoms with Gasteiger partial charge in [0.25, 0.3) is 0 Å². The summed E-state index contributed by atoms with van der Waals surface area (Å²) < 4.78 is 24.4. The summed E-state index contributed by atoms with van der Waals surface area (Å²) in [5, 5.41) is 4.24. The predicted octanol–water partition coefficient (Wildman–Crippen LogP) is 1.53. The molecule has 4 nitrogen and oxygen atoms in total. The highest BCUT2D eigenvalue weighted by Gasteiger charge is 2.21. The van der Waals surface area contributed by atoms with Crippen molar-refractivity contribution >= 4 is 21.8 Å². The summed E-state index contributed by atoms with van der Waals surface area (Å²) in [5.41, 5.74) is 0. The van der Waals surface area contributed by atoms with E-state index in [1.165, 1.54) is 29.2 Å². The maximum Gasteiger partial charge on any atom is 0.211 e. The van der Waals surface area contributed by atoms with E-state index in [0.717, 1.165) is 13.0 Å². The zero-order valence-electron chi connectivity index (χ0n) is 11.7. The predicted molar refractivity (Wildman–Crippen MR) is 79.7 cm³/mol. The molecule has 1 heterocycles. The van der Waals surface area contributed by atoms with Gasteiger partial charge < -0.3 is 5.32 Å². The van der Waals surface area contributed by atoms with Crippen LogP contribution in [0.2, 0.25) is 0 Å². The second-order valence-electron chi connectivity index (χ2n) is 4.89. The topological polar surface area (TPSA) is 49.4 Å². The molecule has 0 radical (unpaired) electrons. The zero-order valence-corrected chi connectivity index (χ0v) is 13.3. The van der Waals surface area contributed by atoms with Gasteiger partial charge >= 0.3 is 0 Å². The summed E-state index contributed by atoms with van der Waals surface area (Å²) in [4.78, 5) is 0. The first-order valence-electron chi connectivity index (χ1n) is 6.75. The van der Waals surface area contributed by atoms with Crippen LogP contribution in [0.5, 0.6) is 0 Å². The molecule has 2 atom stereocenters. The molecule has 0 aromatic carbocycles. The van der Waals surface area contributed by atoms with Gasteiger partial charge in [-0.3, -0.25) is 0 Å². The maximum absolute atomic E-state index is 11.4. The van der Waals surface area contributed by atoms with Crippen LogP contribution in [-0.4, -0.2) is 55.7 Å². The number of nitrogens with zero attached hydrogens (tertiary/aromatic N) is 1. The van der Waals surface area contributed by atoms with Crippen molar-refractivity contribution in [3.63, 3.8) is 0 Å².